The van der Waals surface area contributed by atoms with Crippen LogP contribution in [0, 0.1) is 0 Å². The SMILES string of the molecule is CN(Cc1ccoc1)C(=O)c1ccc(Br)nc1. The van der Waals surface area contributed by atoms with Crippen LogP contribution in [-0.4, -0.2) is 22.8 Å². The number of hydrogen-bond donors (Lipinski definition) is 0. The zero-order valence-corrected chi connectivity index (χ0v) is 10.8. The molecule has 88 valence electrons. The molecule has 1 amide bonds. The second-order valence-electron chi connectivity index (χ2n) is 3.66. The van der Waals surface area contributed by atoms with E-state index in [1.54, 1.807) is 42.8 Å². The van der Waals surface area contributed by atoms with Gasteiger partial charge >= 0.3 is 0 Å². The molecule has 0 aromatic carbocycles. The van der Waals surface area contributed by atoms with E-state index in [9.17, 15) is 4.79 Å². The zero-order valence-electron chi connectivity index (χ0n) is 9.26. The van der Waals surface area contributed by atoms with Gasteiger partial charge in [0.15, 0.2) is 0 Å². The molecule has 0 unspecified atom stereocenters. The van der Waals surface area contributed by atoms with Gasteiger partial charge in [-0.1, -0.05) is 0 Å². The number of rotatable bonds is 3. The molecule has 0 atom stereocenters. The molecule has 2 heterocycles. The van der Waals surface area contributed by atoms with E-state index in [2.05, 4.69) is 20.9 Å². The van der Waals surface area contributed by atoms with Gasteiger partial charge in [-0.3, -0.25) is 4.79 Å². The van der Waals surface area contributed by atoms with Crippen LogP contribution >= 0.6 is 15.9 Å². The van der Waals surface area contributed by atoms with Crippen molar-refractivity contribution < 1.29 is 9.21 Å². The fourth-order valence-electron chi connectivity index (χ4n) is 1.45. The summed E-state index contributed by atoms with van der Waals surface area (Å²) in [5.74, 6) is -0.0637. The van der Waals surface area contributed by atoms with Crippen LogP contribution in [0.3, 0.4) is 0 Å². The molecule has 0 spiro atoms. The third-order valence-electron chi connectivity index (χ3n) is 2.32. The maximum Gasteiger partial charge on any atom is 0.255 e. The monoisotopic (exact) mass is 294 g/mol. The molecular formula is C12H11BrN2O2. The van der Waals surface area contributed by atoms with Crippen LogP contribution in [0.25, 0.3) is 0 Å². The summed E-state index contributed by atoms with van der Waals surface area (Å²) in [7, 11) is 1.75. The van der Waals surface area contributed by atoms with Crippen LogP contribution < -0.4 is 0 Å². The number of aromatic nitrogens is 1. The fraction of sp³-hybridized carbons (Fsp3) is 0.167. The van der Waals surface area contributed by atoms with Gasteiger partial charge in [0.05, 0.1) is 18.1 Å². The van der Waals surface area contributed by atoms with Crippen LogP contribution in [0.2, 0.25) is 0 Å². The average molecular weight is 295 g/mol. The van der Waals surface area contributed by atoms with Crippen molar-refractivity contribution in [2.24, 2.45) is 0 Å². The summed E-state index contributed by atoms with van der Waals surface area (Å²) >= 11 is 3.23. The van der Waals surface area contributed by atoms with Gasteiger partial charge in [-0.05, 0) is 34.1 Å². The van der Waals surface area contributed by atoms with E-state index in [4.69, 9.17) is 4.42 Å². The quantitative estimate of drug-likeness (QED) is 0.818. The van der Waals surface area contributed by atoms with Gasteiger partial charge in [0.25, 0.3) is 5.91 Å². The van der Waals surface area contributed by atoms with E-state index in [0.717, 1.165) is 5.56 Å². The topological polar surface area (TPSA) is 46.3 Å². The zero-order chi connectivity index (χ0) is 12.3. The molecule has 0 bridgehead atoms. The van der Waals surface area contributed by atoms with Crippen molar-refractivity contribution in [3.8, 4) is 0 Å². The lowest BCUT2D eigenvalue weighted by atomic mass is 10.2. The van der Waals surface area contributed by atoms with E-state index in [1.807, 2.05) is 6.07 Å². The Labute approximate surface area is 107 Å². The molecule has 0 N–H and O–H groups in total. The molecule has 0 radical (unpaired) electrons. The molecule has 2 rings (SSSR count). The van der Waals surface area contributed by atoms with Gasteiger partial charge in [-0.15, -0.1) is 0 Å². The minimum Gasteiger partial charge on any atom is -0.472 e. The first kappa shape index (κ1) is 11.9. The number of carbonyl (C=O) groups excluding carboxylic acids is 1. The third kappa shape index (κ3) is 2.94. The molecule has 17 heavy (non-hydrogen) atoms. The molecule has 2 aromatic rings. The summed E-state index contributed by atoms with van der Waals surface area (Å²) in [5.41, 5.74) is 1.53. The predicted octanol–water partition coefficient (Wildman–Crippen LogP) is 2.71. The number of hydrogen-bond acceptors (Lipinski definition) is 3. The van der Waals surface area contributed by atoms with Crippen LogP contribution in [0.5, 0.6) is 0 Å². The van der Waals surface area contributed by atoms with Gasteiger partial charge in [0.1, 0.15) is 4.60 Å². The number of nitrogens with zero attached hydrogens (tertiary/aromatic N) is 2. The van der Waals surface area contributed by atoms with E-state index in [0.29, 0.717) is 16.7 Å². The van der Waals surface area contributed by atoms with Gasteiger partial charge < -0.3 is 9.32 Å². The Bertz CT molecular complexity index is 494. The summed E-state index contributed by atoms with van der Waals surface area (Å²) in [5, 5.41) is 0. The minimum absolute atomic E-state index is 0.0637. The molecule has 0 aliphatic heterocycles. The van der Waals surface area contributed by atoms with Gasteiger partial charge in [-0.25, -0.2) is 4.98 Å². The van der Waals surface area contributed by atoms with Crippen molar-refractivity contribution in [2.75, 3.05) is 7.05 Å². The molecular weight excluding hydrogens is 284 g/mol. The summed E-state index contributed by atoms with van der Waals surface area (Å²) in [6, 6.07) is 5.33. The first-order chi connectivity index (χ1) is 8.16. The maximum atomic E-state index is 12.0. The molecule has 2 aromatic heterocycles. The van der Waals surface area contributed by atoms with E-state index >= 15 is 0 Å². The summed E-state index contributed by atoms with van der Waals surface area (Å²) in [6.45, 7) is 0.519. The Balaban J connectivity index is 2.07. The van der Waals surface area contributed by atoms with Crippen molar-refractivity contribution in [3.05, 3.63) is 52.7 Å². The lowest BCUT2D eigenvalue weighted by Crippen LogP contribution is -2.26. The first-order valence-electron chi connectivity index (χ1n) is 5.05. The Morgan fingerprint density at radius 1 is 1.47 bits per heavy atom. The standard InChI is InChI=1S/C12H11BrN2O2/c1-15(7-9-4-5-17-8-9)12(16)10-2-3-11(13)14-6-10/h2-6,8H,7H2,1H3. The normalized spacial score (nSPS) is 10.2. The average Bonchev–Trinajstić information content (AvgIpc) is 2.82. The highest BCUT2D eigenvalue weighted by molar-refractivity contribution is 9.10. The van der Waals surface area contributed by atoms with E-state index < -0.39 is 0 Å². The van der Waals surface area contributed by atoms with Gasteiger partial charge in [-0.2, -0.15) is 0 Å². The first-order valence-corrected chi connectivity index (χ1v) is 5.84. The molecule has 0 fully saturated rings. The van der Waals surface area contributed by atoms with Crippen LogP contribution in [0.4, 0.5) is 0 Å². The second-order valence-corrected chi connectivity index (χ2v) is 4.47. The molecule has 0 aliphatic carbocycles. The van der Waals surface area contributed by atoms with Crippen molar-refractivity contribution in [1.29, 1.82) is 0 Å². The minimum atomic E-state index is -0.0637. The Morgan fingerprint density at radius 2 is 2.29 bits per heavy atom. The number of halogens is 1. The summed E-state index contributed by atoms with van der Waals surface area (Å²) in [6.07, 6.45) is 4.77. The number of furan rings is 1. The molecule has 0 saturated carbocycles. The Morgan fingerprint density at radius 3 is 2.88 bits per heavy atom. The summed E-state index contributed by atoms with van der Waals surface area (Å²) < 4.78 is 5.67. The number of pyridine rings is 1. The van der Waals surface area contributed by atoms with Crippen LogP contribution in [-0.2, 0) is 6.54 Å². The third-order valence-corrected chi connectivity index (χ3v) is 2.79. The molecule has 0 saturated heterocycles. The second kappa shape index (κ2) is 5.14. The van der Waals surface area contributed by atoms with Crippen molar-refractivity contribution in [3.63, 3.8) is 0 Å². The van der Waals surface area contributed by atoms with Crippen molar-refractivity contribution in [2.45, 2.75) is 6.54 Å². The van der Waals surface area contributed by atoms with Crippen LogP contribution in [0.15, 0.2) is 45.9 Å². The Hall–Kier alpha value is -1.62. The molecule has 0 aliphatic rings. The number of amides is 1. The van der Waals surface area contributed by atoms with Gasteiger partial charge in [0.2, 0.25) is 0 Å². The van der Waals surface area contributed by atoms with Crippen LogP contribution in [0.1, 0.15) is 15.9 Å². The highest BCUT2D eigenvalue weighted by Crippen LogP contribution is 2.10. The highest BCUT2D eigenvalue weighted by atomic mass is 79.9. The maximum absolute atomic E-state index is 12.0. The van der Waals surface area contributed by atoms with E-state index in [1.165, 1.54) is 0 Å². The highest BCUT2D eigenvalue weighted by Gasteiger charge is 2.12. The fourth-order valence-corrected chi connectivity index (χ4v) is 1.69. The summed E-state index contributed by atoms with van der Waals surface area (Å²) in [4.78, 5) is 17.7. The van der Waals surface area contributed by atoms with E-state index in [-0.39, 0.29) is 5.91 Å². The van der Waals surface area contributed by atoms with Crippen molar-refractivity contribution in [1.82, 2.24) is 9.88 Å². The molecule has 4 nitrogen and oxygen atoms in total. The lowest BCUT2D eigenvalue weighted by Gasteiger charge is -2.15. The lowest BCUT2D eigenvalue weighted by molar-refractivity contribution is 0.0784. The van der Waals surface area contributed by atoms with Crippen molar-refractivity contribution >= 4 is 21.8 Å². The predicted molar refractivity (Wildman–Crippen MR) is 66.4 cm³/mol. The smallest absolute Gasteiger partial charge is 0.255 e. The molecule has 5 heteroatoms. The largest absolute Gasteiger partial charge is 0.472 e. The Kier molecular flexibility index (Phi) is 3.58. The van der Waals surface area contributed by atoms with Gasteiger partial charge in [0, 0.05) is 25.4 Å². The number of carbonyl (C=O) groups is 1.